The van der Waals surface area contributed by atoms with Crippen LogP contribution in [0.15, 0.2) is 36.7 Å². The van der Waals surface area contributed by atoms with E-state index in [1.807, 2.05) is 0 Å². The number of nitrogens with two attached hydrogens (primary N) is 1. The molecule has 0 radical (unpaired) electrons. The van der Waals surface area contributed by atoms with Gasteiger partial charge in [0.2, 0.25) is 5.91 Å². The number of amides is 1. The number of rotatable bonds is 4. The average molecular weight is 390 g/mol. The molecule has 0 atom stereocenters. The molecule has 1 amide bonds. The molecule has 6 nitrogen and oxygen atoms in total. The lowest BCUT2D eigenvalue weighted by molar-refractivity contribution is -0.140. The Balaban J connectivity index is 2.14. The van der Waals surface area contributed by atoms with E-state index in [1.165, 1.54) is 44.3 Å². The molecule has 2 heterocycles. The Hall–Kier alpha value is -3.20. The quantitative estimate of drug-likeness (QED) is 0.594. The summed E-state index contributed by atoms with van der Waals surface area (Å²) in [6.07, 6.45) is 1.03. The maximum Gasteiger partial charge on any atom is 0.416 e. The number of hydrogen-bond donors (Lipinski definition) is 3. The largest absolute Gasteiger partial charge is 0.416 e. The highest BCUT2D eigenvalue weighted by Gasteiger charge is 2.37. The molecule has 0 aliphatic rings. The number of carbonyl (C=O) groups excluding carboxylic acids is 1. The van der Waals surface area contributed by atoms with Gasteiger partial charge in [0.05, 0.1) is 23.1 Å². The molecule has 1 aromatic carbocycles. The Kier molecular flexibility index (Phi) is 4.72. The van der Waals surface area contributed by atoms with Gasteiger partial charge in [0.25, 0.3) is 0 Å². The number of alkyl halides is 3. The first-order valence-corrected chi connectivity index (χ1v) is 8.23. The number of primary amides is 1. The zero-order chi connectivity index (χ0) is 20.7. The minimum atomic E-state index is -4.60. The molecule has 0 fully saturated rings. The summed E-state index contributed by atoms with van der Waals surface area (Å²) >= 11 is 0. The molecule has 0 unspecified atom stereocenters. The van der Waals surface area contributed by atoms with Crippen molar-refractivity contribution in [3.8, 4) is 11.3 Å². The summed E-state index contributed by atoms with van der Waals surface area (Å²) in [4.78, 5) is 22.5. The molecule has 4 N–H and O–H groups in total. The van der Waals surface area contributed by atoms with Gasteiger partial charge >= 0.3 is 6.18 Å². The first-order chi connectivity index (χ1) is 13.0. The van der Waals surface area contributed by atoms with E-state index < -0.39 is 23.2 Å². The van der Waals surface area contributed by atoms with E-state index in [1.54, 1.807) is 6.20 Å². The highest BCUT2D eigenvalue weighted by molar-refractivity contribution is 5.93. The number of benzene rings is 1. The van der Waals surface area contributed by atoms with Gasteiger partial charge in [0.15, 0.2) is 5.65 Å². The minimum absolute atomic E-state index is 0.262. The monoisotopic (exact) mass is 390 g/mol. The topological polar surface area (TPSA) is 105 Å². The number of carbonyl (C=O) groups is 1. The third kappa shape index (κ3) is 3.89. The number of nitrogens with one attached hydrogen (secondary N) is 1. The van der Waals surface area contributed by atoms with E-state index in [9.17, 15) is 23.1 Å². The van der Waals surface area contributed by atoms with E-state index in [0.717, 1.165) is 6.07 Å². The normalized spacial score (nSPS) is 12.8. The fourth-order valence-corrected chi connectivity index (χ4v) is 2.81. The Bertz CT molecular complexity index is 1080. The molecule has 9 heteroatoms. The van der Waals surface area contributed by atoms with Crippen LogP contribution in [0.3, 0.4) is 0 Å². The number of hydrogen-bond acceptors (Lipinski definition) is 4. The highest BCUT2D eigenvalue weighted by atomic mass is 19.4. The minimum Gasteiger partial charge on any atom is -0.386 e. The van der Waals surface area contributed by atoms with Crippen LogP contribution in [0.2, 0.25) is 0 Å². The number of nitrogens with zero attached hydrogens (tertiary/aromatic N) is 2. The molecule has 3 aromatic rings. The van der Waals surface area contributed by atoms with Crippen LogP contribution < -0.4 is 5.73 Å². The van der Waals surface area contributed by atoms with Crippen LogP contribution in [0.1, 0.15) is 30.5 Å². The smallest absolute Gasteiger partial charge is 0.386 e. The van der Waals surface area contributed by atoms with Gasteiger partial charge in [-0.25, -0.2) is 9.97 Å². The third-order valence-corrected chi connectivity index (χ3v) is 4.12. The van der Waals surface area contributed by atoms with Gasteiger partial charge in [0.1, 0.15) is 5.52 Å². The van der Waals surface area contributed by atoms with Gasteiger partial charge in [0, 0.05) is 23.4 Å². The Labute approximate surface area is 157 Å². The summed E-state index contributed by atoms with van der Waals surface area (Å²) in [5.74, 6) is -0.629. The first-order valence-electron chi connectivity index (χ1n) is 8.23. The van der Waals surface area contributed by atoms with Gasteiger partial charge in [-0.15, -0.1) is 0 Å². The van der Waals surface area contributed by atoms with E-state index in [-0.39, 0.29) is 5.56 Å². The first kappa shape index (κ1) is 19.6. The fourth-order valence-electron chi connectivity index (χ4n) is 2.81. The van der Waals surface area contributed by atoms with Crippen molar-refractivity contribution in [2.75, 3.05) is 0 Å². The predicted octanol–water partition coefficient (Wildman–Crippen LogP) is 3.37. The molecule has 0 aliphatic heterocycles. The molecule has 0 aliphatic carbocycles. The molecule has 2 aromatic heterocycles. The van der Waals surface area contributed by atoms with Crippen molar-refractivity contribution in [1.82, 2.24) is 15.0 Å². The fraction of sp³-hybridized carbons (Fsp3) is 0.211. The van der Waals surface area contributed by atoms with Crippen LogP contribution in [0.4, 0.5) is 13.2 Å². The average Bonchev–Trinajstić information content (AvgIpc) is 3.00. The summed E-state index contributed by atoms with van der Waals surface area (Å²) in [6, 6.07) is 3.45. The molecule has 28 heavy (non-hydrogen) atoms. The van der Waals surface area contributed by atoms with Crippen molar-refractivity contribution in [3.63, 3.8) is 0 Å². The zero-order valence-corrected chi connectivity index (χ0v) is 15.0. The summed E-state index contributed by atoms with van der Waals surface area (Å²) in [5.41, 5.74) is 4.33. The van der Waals surface area contributed by atoms with E-state index in [0.29, 0.717) is 28.0 Å². The van der Waals surface area contributed by atoms with Gasteiger partial charge in [-0.3, -0.25) is 4.79 Å². The van der Waals surface area contributed by atoms with Crippen molar-refractivity contribution >= 4 is 23.1 Å². The second-order valence-corrected chi connectivity index (χ2v) is 6.75. The standard InChI is InChI=1S/C19H17F3N4O2/c1-18(2,28)13-7-10(3-5-12(13)19(20,21)22)14-9-25-17-16(26-14)11(8-24-17)4-6-15(23)27/h3-9,28H,1-2H3,(H2,23,27)(H,24,25)/b6-4+. The Morgan fingerprint density at radius 2 is 1.96 bits per heavy atom. The number of H-pyrrole nitrogens is 1. The predicted molar refractivity (Wildman–Crippen MR) is 97.8 cm³/mol. The maximum atomic E-state index is 13.3. The van der Waals surface area contributed by atoms with Crippen LogP contribution in [-0.2, 0) is 16.6 Å². The van der Waals surface area contributed by atoms with Crippen LogP contribution >= 0.6 is 0 Å². The molecule has 3 rings (SSSR count). The number of halogens is 3. The van der Waals surface area contributed by atoms with Crippen molar-refractivity contribution < 1.29 is 23.1 Å². The molecule has 0 bridgehead atoms. The highest BCUT2D eigenvalue weighted by Crippen LogP contribution is 2.38. The molecule has 0 spiro atoms. The van der Waals surface area contributed by atoms with Crippen molar-refractivity contribution in [1.29, 1.82) is 0 Å². The maximum absolute atomic E-state index is 13.3. The summed E-state index contributed by atoms with van der Waals surface area (Å²) < 4.78 is 39.9. The molecular formula is C19H17F3N4O2. The van der Waals surface area contributed by atoms with Crippen LogP contribution in [0.5, 0.6) is 0 Å². The zero-order valence-electron chi connectivity index (χ0n) is 15.0. The second kappa shape index (κ2) is 6.75. The van der Waals surface area contributed by atoms with Crippen LogP contribution in [0.25, 0.3) is 28.5 Å². The van der Waals surface area contributed by atoms with E-state index in [4.69, 9.17) is 5.73 Å². The van der Waals surface area contributed by atoms with Crippen molar-refractivity contribution in [2.24, 2.45) is 5.73 Å². The van der Waals surface area contributed by atoms with E-state index in [2.05, 4.69) is 15.0 Å². The lowest BCUT2D eigenvalue weighted by atomic mass is 9.90. The summed E-state index contributed by atoms with van der Waals surface area (Å²) in [7, 11) is 0. The Morgan fingerprint density at radius 1 is 1.25 bits per heavy atom. The van der Waals surface area contributed by atoms with Gasteiger partial charge in [-0.05, 0) is 37.6 Å². The summed E-state index contributed by atoms with van der Waals surface area (Å²) in [5, 5.41) is 10.2. The third-order valence-electron chi connectivity index (χ3n) is 4.12. The molecular weight excluding hydrogens is 373 g/mol. The number of aromatic amines is 1. The van der Waals surface area contributed by atoms with Crippen molar-refractivity contribution in [2.45, 2.75) is 25.6 Å². The SMILES string of the molecule is CC(C)(O)c1cc(-c2cnc3[nH]cc(/C=C/C(N)=O)c3n2)ccc1C(F)(F)F. The summed E-state index contributed by atoms with van der Waals surface area (Å²) in [6.45, 7) is 2.57. The van der Waals surface area contributed by atoms with Crippen LogP contribution in [-0.4, -0.2) is 26.0 Å². The number of aromatic nitrogens is 3. The number of fused-ring (bicyclic) bond motifs is 1. The lowest BCUT2D eigenvalue weighted by Crippen LogP contribution is -2.22. The Morgan fingerprint density at radius 3 is 2.57 bits per heavy atom. The van der Waals surface area contributed by atoms with E-state index >= 15 is 0 Å². The van der Waals surface area contributed by atoms with Gasteiger partial charge in [-0.2, -0.15) is 13.2 Å². The molecule has 0 saturated carbocycles. The molecule has 146 valence electrons. The van der Waals surface area contributed by atoms with Crippen LogP contribution in [0, 0.1) is 0 Å². The van der Waals surface area contributed by atoms with Gasteiger partial charge in [-0.1, -0.05) is 6.07 Å². The molecule has 0 saturated heterocycles. The number of aliphatic hydroxyl groups is 1. The van der Waals surface area contributed by atoms with Crippen molar-refractivity contribution in [3.05, 3.63) is 53.4 Å². The second-order valence-electron chi connectivity index (χ2n) is 6.75. The lowest BCUT2D eigenvalue weighted by Gasteiger charge is -2.23. The van der Waals surface area contributed by atoms with Gasteiger partial charge < -0.3 is 15.8 Å².